The molecule has 1 aliphatic rings. The summed E-state index contributed by atoms with van der Waals surface area (Å²) in [5.41, 5.74) is 1.16. The van der Waals surface area contributed by atoms with E-state index in [1.807, 2.05) is 18.7 Å². The van der Waals surface area contributed by atoms with Crippen molar-refractivity contribution < 1.29 is 23.8 Å². The van der Waals surface area contributed by atoms with Crippen molar-refractivity contribution in [2.75, 3.05) is 38.2 Å². The summed E-state index contributed by atoms with van der Waals surface area (Å²) in [6, 6.07) is 11.7. The first-order valence-corrected chi connectivity index (χ1v) is 11.2. The van der Waals surface area contributed by atoms with E-state index >= 15 is 0 Å². The third-order valence-electron chi connectivity index (χ3n) is 5.22. The molecule has 0 radical (unpaired) electrons. The molecule has 2 amide bonds. The summed E-state index contributed by atoms with van der Waals surface area (Å²) in [7, 11) is 0. The van der Waals surface area contributed by atoms with E-state index in [-0.39, 0.29) is 18.4 Å². The molecule has 1 N–H and O–H groups in total. The normalized spacial score (nSPS) is 13.1. The summed E-state index contributed by atoms with van der Waals surface area (Å²) in [4.78, 5) is 27.1. The maximum atomic E-state index is 12.9. The summed E-state index contributed by atoms with van der Waals surface area (Å²) in [6.07, 6.45) is 3.18. The van der Waals surface area contributed by atoms with Crippen LogP contribution in [0.3, 0.4) is 0 Å². The lowest BCUT2D eigenvalue weighted by molar-refractivity contribution is -0.134. The van der Waals surface area contributed by atoms with Crippen molar-refractivity contribution in [3.05, 3.63) is 47.5 Å². The van der Waals surface area contributed by atoms with Crippen molar-refractivity contribution >= 4 is 17.5 Å². The highest BCUT2D eigenvalue weighted by Crippen LogP contribution is 2.30. The second-order valence-corrected chi connectivity index (χ2v) is 7.53. The Kier molecular flexibility index (Phi) is 8.53. The second kappa shape index (κ2) is 11.8. The zero-order valence-electron chi connectivity index (χ0n) is 19.1. The van der Waals surface area contributed by atoms with Gasteiger partial charge in [0.15, 0.2) is 18.1 Å². The lowest BCUT2D eigenvalue weighted by atomic mass is 10.1. The first-order chi connectivity index (χ1) is 16.0. The van der Waals surface area contributed by atoms with Gasteiger partial charge < -0.3 is 24.4 Å². The van der Waals surface area contributed by atoms with Crippen LogP contribution in [0.5, 0.6) is 17.2 Å². The molecule has 0 saturated carbocycles. The lowest BCUT2D eigenvalue weighted by Gasteiger charge is -2.26. The first kappa shape index (κ1) is 23.9. The van der Waals surface area contributed by atoms with Crippen LogP contribution >= 0.6 is 0 Å². The number of anilines is 1. The molecule has 33 heavy (non-hydrogen) atoms. The van der Waals surface area contributed by atoms with Crippen LogP contribution in [0.2, 0.25) is 0 Å². The smallest absolute Gasteiger partial charge is 0.260 e. The third-order valence-corrected chi connectivity index (χ3v) is 5.22. The molecule has 174 valence electrons. The average Bonchev–Trinajstić information content (AvgIpc) is 2.84. The third kappa shape index (κ3) is 6.39. The Labute approximate surface area is 194 Å². The minimum Gasteiger partial charge on any atom is -0.492 e. The summed E-state index contributed by atoms with van der Waals surface area (Å²) < 4.78 is 16.9. The second-order valence-electron chi connectivity index (χ2n) is 7.53. The topological polar surface area (TPSA) is 101 Å². The predicted octanol–water partition coefficient (Wildman–Crippen LogP) is 4.00. The SMILES string of the molecule is CCOc1ccc(C#N)cc1NC(=O)c1ccc(OCC(=O)N2CCCCC2)c(OCC)c1. The molecule has 1 aliphatic heterocycles. The Bertz CT molecular complexity index is 1030. The van der Waals surface area contributed by atoms with Crippen LogP contribution in [-0.4, -0.2) is 49.6 Å². The van der Waals surface area contributed by atoms with Crippen LogP contribution in [0.1, 0.15) is 49.0 Å². The highest BCUT2D eigenvalue weighted by molar-refractivity contribution is 6.05. The van der Waals surface area contributed by atoms with Gasteiger partial charge >= 0.3 is 0 Å². The van der Waals surface area contributed by atoms with Gasteiger partial charge in [-0.1, -0.05) is 0 Å². The van der Waals surface area contributed by atoms with Gasteiger partial charge in [0.25, 0.3) is 11.8 Å². The van der Waals surface area contributed by atoms with Gasteiger partial charge in [0, 0.05) is 18.7 Å². The van der Waals surface area contributed by atoms with E-state index in [9.17, 15) is 14.9 Å². The molecule has 0 unspecified atom stereocenters. The quantitative estimate of drug-likeness (QED) is 0.618. The number of rotatable bonds is 9. The predicted molar refractivity (Wildman–Crippen MR) is 124 cm³/mol. The van der Waals surface area contributed by atoms with Crippen molar-refractivity contribution in [1.29, 1.82) is 5.26 Å². The number of carbonyl (C=O) groups excluding carboxylic acids is 2. The Balaban J connectivity index is 1.73. The van der Waals surface area contributed by atoms with Crippen molar-refractivity contribution in [1.82, 2.24) is 4.90 Å². The molecule has 8 heteroatoms. The fourth-order valence-electron chi connectivity index (χ4n) is 3.58. The molecule has 0 spiro atoms. The first-order valence-electron chi connectivity index (χ1n) is 11.2. The Morgan fingerprint density at radius 1 is 0.939 bits per heavy atom. The zero-order valence-corrected chi connectivity index (χ0v) is 19.1. The van der Waals surface area contributed by atoms with Gasteiger partial charge in [-0.3, -0.25) is 9.59 Å². The molecule has 0 bridgehead atoms. The fourth-order valence-corrected chi connectivity index (χ4v) is 3.58. The van der Waals surface area contributed by atoms with E-state index in [2.05, 4.69) is 11.4 Å². The standard InChI is InChI=1S/C25H29N3O5/c1-3-31-21-10-8-18(16-26)14-20(21)27-25(30)19-9-11-22(23(15-19)32-4-2)33-17-24(29)28-12-6-5-7-13-28/h8-11,14-15H,3-7,12-13,17H2,1-2H3,(H,27,30). The van der Waals surface area contributed by atoms with Crippen LogP contribution in [-0.2, 0) is 4.79 Å². The number of hydrogen-bond donors (Lipinski definition) is 1. The van der Waals surface area contributed by atoms with E-state index in [4.69, 9.17) is 14.2 Å². The van der Waals surface area contributed by atoms with Crippen molar-refractivity contribution in [3.8, 4) is 23.3 Å². The molecule has 1 heterocycles. The zero-order chi connectivity index (χ0) is 23.6. The van der Waals surface area contributed by atoms with Gasteiger partial charge in [0.1, 0.15) is 5.75 Å². The van der Waals surface area contributed by atoms with E-state index in [1.165, 1.54) is 0 Å². The average molecular weight is 452 g/mol. The minimum atomic E-state index is -0.386. The number of amides is 2. The van der Waals surface area contributed by atoms with E-state index in [0.29, 0.717) is 47.3 Å². The van der Waals surface area contributed by atoms with Crippen molar-refractivity contribution in [3.63, 3.8) is 0 Å². The molecule has 2 aromatic rings. The van der Waals surface area contributed by atoms with Crippen LogP contribution < -0.4 is 19.5 Å². The molecule has 3 rings (SSSR count). The number of carbonyl (C=O) groups is 2. The molecular weight excluding hydrogens is 422 g/mol. The summed E-state index contributed by atoms with van der Waals surface area (Å²) in [5, 5.41) is 12.0. The molecule has 8 nitrogen and oxygen atoms in total. The Morgan fingerprint density at radius 3 is 2.33 bits per heavy atom. The van der Waals surface area contributed by atoms with Crippen LogP contribution in [0, 0.1) is 11.3 Å². The number of nitrogens with one attached hydrogen (secondary N) is 1. The minimum absolute atomic E-state index is 0.0557. The molecule has 1 fully saturated rings. The Morgan fingerprint density at radius 2 is 1.64 bits per heavy atom. The molecule has 0 atom stereocenters. The molecular formula is C25H29N3O5. The monoisotopic (exact) mass is 451 g/mol. The van der Waals surface area contributed by atoms with E-state index in [0.717, 1.165) is 32.4 Å². The van der Waals surface area contributed by atoms with E-state index < -0.39 is 0 Å². The number of hydrogen-bond acceptors (Lipinski definition) is 6. The Hall–Kier alpha value is -3.73. The van der Waals surface area contributed by atoms with Gasteiger partial charge in [0.05, 0.1) is 30.5 Å². The van der Waals surface area contributed by atoms with E-state index in [1.54, 1.807) is 36.4 Å². The fraction of sp³-hybridized carbons (Fsp3) is 0.400. The maximum absolute atomic E-state index is 12.9. The summed E-state index contributed by atoms with van der Waals surface area (Å²) >= 11 is 0. The van der Waals surface area contributed by atoms with Crippen LogP contribution in [0.4, 0.5) is 5.69 Å². The summed E-state index contributed by atoms with van der Waals surface area (Å²) in [5.74, 6) is 0.821. The number of nitriles is 1. The molecule has 0 aliphatic carbocycles. The number of benzene rings is 2. The molecule has 1 saturated heterocycles. The number of nitrogens with zero attached hydrogens (tertiary/aromatic N) is 2. The van der Waals surface area contributed by atoms with Crippen LogP contribution in [0.15, 0.2) is 36.4 Å². The number of likely N-dealkylation sites (tertiary alicyclic amines) is 1. The maximum Gasteiger partial charge on any atom is 0.260 e. The highest BCUT2D eigenvalue weighted by Gasteiger charge is 2.19. The van der Waals surface area contributed by atoms with Gasteiger partial charge in [-0.05, 0) is 69.5 Å². The molecule has 2 aromatic carbocycles. The largest absolute Gasteiger partial charge is 0.492 e. The molecule has 0 aromatic heterocycles. The van der Waals surface area contributed by atoms with Gasteiger partial charge in [-0.2, -0.15) is 5.26 Å². The van der Waals surface area contributed by atoms with Crippen molar-refractivity contribution in [2.24, 2.45) is 0 Å². The van der Waals surface area contributed by atoms with Gasteiger partial charge in [0.2, 0.25) is 0 Å². The number of ether oxygens (including phenoxy) is 3. The van der Waals surface area contributed by atoms with Gasteiger partial charge in [-0.15, -0.1) is 0 Å². The van der Waals surface area contributed by atoms with Crippen molar-refractivity contribution in [2.45, 2.75) is 33.1 Å². The number of piperidine rings is 1. The summed E-state index contributed by atoms with van der Waals surface area (Å²) in [6.45, 7) is 5.91. The highest BCUT2D eigenvalue weighted by atomic mass is 16.5. The van der Waals surface area contributed by atoms with Gasteiger partial charge in [-0.25, -0.2) is 0 Å². The lowest BCUT2D eigenvalue weighted by Crippen LogP contribution is -2.38. The van der Waals surface area contributed by atoms with Crippen LogP contribution in [0.25, 0.3) is 0 Å².